The van der Waals surface area contributed by atoms with Gasteiger partial charge in [-0.05, 0) is 72.0 Å². The number of hydrogen-bond acceptors (Lipinski definition) is 7. The van der Waals surface area contributed by atoms with Gasteiger partial charge in [0.2, 0.25) is 0 Å². The first-order valence-electron chi connectivity index (χ1n) is 13.3. The molecule has 8 nitrogen and oxygen atoms in total. The summed E-state index contributed by atoms with van der Waals surface area (Å²) in [6.45, 7) is 6.81. The van der Waals surface area contributed by atoms with E-state index in [-0.39, 0.29) is 18.3 Å². The second kappa shape index (κ2) is 15.9. The van der Waals surface area contributed by atoms with Gasteiger partial charge in [-0.3, -0.25) is 4.79 Å². The van der Waals surface area contributed by atoms with Crippen LogP contribution in [0.2, 0.25) is 0 Å². The maximum atomic E-state index is 12.2. The normalized spacial score (nSPS) is 11.9. The van der Waals surface area contributed by atoms with Gasteiger partial charge in [0.05, 0.1) is 25.9 Å². The number of phenols is 1. The van der Waals surface area contributed by atoms with Crippen LogP contribution >= 0.6 is 0 Å². The molecule has 0 saturated heterocycles. The van der Waals surface area contributed by atoms with E-state index in [0.717, 1.165) is 23.3 Å². The Kier molecular flexibility index (Phi) is 12.2. The molecule has 3 aromatic rings. The molecule has 1 unspecified atom stereocenters. The highest BCUT2D eigenvalue weighted by molar-refractivity contribution is 5.94. The van der Waals surface area contributed by atoms with Gasteiger partial charge in [0.15, 0.2) is 0 Å². The molecule has 0 aliphatic heterocycles. The van der Waals surface area contributed by atoms with Gasteiger partial charge < -0.3 is 35.4 Å². The van der Waals surface area contributed by atoms with E-state index < -0.39 is 6.10 Å². The van der Waals surface area contributed by atoms with Crippen molar-refractivity contribution < 1.29 is 29.6 Å². The van der Waals surface area contributed by atoms with Crippen LogP contribution in [0.25, 0.3) is 0 Å². The zero-order valence-electron chi connectivity index (χ0n) is 22.7. The number of rotatable bonds is 16. The summed E-state index contributed by atoms with van der Waals surface area (Å²) in [4.78, 5) is 12.2. The molecule has 0 aliphatic carbocycles. The molecular weight excluding hydrogens is 496 g/mol. The van der Waals surface area contributed by atoms with Gasteiger partial charge in [0.1, 0.15) is 18.1 Å². The highest BCUT2D eigenvalue weighted by atomic mass is 16.5. The second-order valence-electron chi connectivity index (χ2n) is 9.87. The van der Waals surface area contributed by atoms with Crippen molar-refractivity contribution in [3.63, 3.8) is 0 Å². The van der Waals surface area contributed by atoms with Crippen LogP contribution in [0.3, 0.4) is 0 Å². The van der Waals surface area contributed by atoms with Crippen molar-refractivity contribution in [2.75, 3.05) is 32.8 Å². The number of hydrogen-bond donors (Lipinski definition) is 5. The van der Waals surface area contributed by atoms with Gasteiger partial charge in [-0.25, -0.2) is 0 Å². The van der Waals surface area contributed by atoms with E-state index >= 15 is 0 Å². The smallest absolute Gasteiger partial charge is 0.251 e. The number of carbonyl (C=O) groups is 1. The molecule has 39 heavy (non-hydrogen) atoms. The first kappa shape index (κ1) is 30.1. The van der Waals surface area contributed by atoms with Crippen LogP contribution in [-0.4, -0.2) is 54.1 Å². The van der Waals surface area contributed by atoms with Crippen LogP contribution in [0.4, 0.5) is 0 Å². The predicted molar refractivity (Wildman–Crippen MR) is 151 cm³/mol. The Morgan fingerprint density at radius 1 is 0.949 bits per heavy atom. The number of benzene rings is 3. The van der Waals surface area contributed by atoms with E-state index in [0.29, 0.717) is 62.1 Å². The summed E-state index contributed by atoms with van der Waals surface area (Å²) < 4.78 is 11.5. The number of aliphatic hydroxyl groups is 2. The van der Waals surface area contributed by atoms with Crippen molar-refractivity contribution >= 4 is 5.91 Å². The second-order valence-corrected chi connectivity index (χ2v) is 9.87. The molecule has 0 saturated carbocycles. The van der Waals surface area contributed by atoms with Crippen LogP contribution in [0.15, 0.2) is 66.7 Å². The zero-order chi connectivity index (χ0) is 28.0. The lowest BCUT2D eigenvalue weighted by atomic mass is 10.1. The van der Waals surface area contributed by atoms with Crippen molar-refractivity contribution in [3.8, 4) is 11.5 Å². The summed E-state index contributed by atoms with van der Waals surface area (Å²) >= 11 is 0. The van der Waals surface area contributed by atoms with E-state index in [1.54, 1.807) is 18.2 Å². The molecule has 0 aromatic heterocycles. The first-order chi connectivity index (χ1) is 18.9. The molecule has 0 bridgehead atoms. The largest absolute Gasteiger partial charge is 0.508 e. The Balaban J connectivity index is 1.31. The van der Waals surface area contributed by atoms with Gasteiger partial charge in [-0.1, -0.05) is 44.2 Å². The van der Waals surface area contributed by atoms with Crippen molar-refractivity contribution in [1.29, 1.82) is 0 Å². The van der Waals surface area contributed by atoms with Gasteiger partial charge in [0.25, 0.3) is 5.91 Å². The third kappa shape index (κ3) is 10.3. The number of amides is 1. The van der Waals surface area contributed by atoms with E-state index in [2.05, 4.69) is 24.5 Å². The summed E-state index contributed by atoms with van der Waals surface area (Å²) in [5, 5.41) is 35.4. The lowest BCUT2D eigenvalue weighted by Gasteiger charge is -2.14. The number of carbonyl (C=O) groups excluding carboxylic acids is 1. The molecule has 3 rings (SSSR count). The summed E-state index contributed by atoms with van der Waals surface area (Å²) in [7, 11) is 0. The molecular formula is C31H40N2O6. The minimum absolute atomic E-state index is 0.0200. The zero-order valence-corrected chi connectivity index (χ0v) is 22.7. The van der Waals surface area contributed by atoms with Crippen LogP contribution in [0, 0.1) is 5.92 Å². The van der Waals surface area contributed by atoms with Crippen molar-refractivity contribution in [1.82, 2.24) is 10.6 Å². The molecule has 3 aromatic carbocycles. The van der Waals surface area contributed by atoms with Gasteiger partial charge >= 0.3 is 0 Å². The summed E-state index contributed by atoms with van der Waals surface area (Å²) in [5.74, 6) is 1.12. The molecule has 1 amide bonds. The lowest BCUT2D eigenvalue weighted by Crippen LogP contribution is -2.27. The maximum Gasteiger partial charge on any atom is 0.251 e. The summed E-state index contributed by atoms with van der Waals surface area (Å²) in [5.41, 5.74) is 3.76. The number of aromatic hydroxyl groups is 1. The molecule has 0 radical (unpaired) electrons. The van der Waals surface area contributed by atoms with Crippen molar-refractivity contribution in [3.05, 3.63) is 94.5 Å². The number of ether oxygens (including phenoxy) is 2. The third-order valence-electron chi connectivity index (χ3n) is 6.14. The molecule has 210 valence electrons. The van der Waals surface area contributed by atoms with Crippen LogP contribution < -0.4 is 15.4 Å². The quantitative estimate of drug-likeness (QED) is 0.177. The van der Waals surface area contributed by atoms with E-state index in [1.807, 2.05) is 42.5 Å². The van der Waals surface area contributed by atoms with Crippen molar-refractivity contribution in [2.24, 2.45) is 5.92 Å². The number of nitrogens with one attached hydrogen (secondary N) is 2. The van der Waals surface area contributed by atoms with Gasteiger partial charge in [-0.15, -0.1) is 0 Å². The van der Waals surface area contributed by atoms with E-state index in [4.69, 9.17) is 9.47 Å². The number of aliphatic hydroxyl groups excluding tert-OH is 2. The highest BCUT2D eigenvalue weighted by Crippen LogP contribution is 2.22. The maximum absolute atomic E-state index is 12.2. The first-order valence-corrected chi connectivity index (χ1v) is 13.3. The lowest BCUT2D eigenvalue weighted by molar-refractivity contribution is 0.0886. The Morgan fingerprint density at radius 3 is 2.49 bits per heavy atom. The molecule has 0 aliphatic rings. The average molecular weight is 537 g/mol. The molecule has 5 N–H and O–H groups in total. The molecule has 0 spiro atoms. The fourth-order valence-electron chi connectivity index (χ4n) is 3.89. The average Bonchev–Trinajstić information content (AvgIpc) is 2.94. The minimum atomic E-state index is -0.730. The van der Waals surface area contributed by atoms with E-state index in [9.17, 15) is 20.1 Å². The molecule has 0 heterocycles. The van der Waals surface area contributed by atoms with Crippen LogP contribution in [0.5, 0.6) is 11.5 Å². The summed E-state index contributed by atoms with van der Waals surface area (Å²) in [6.07, 6.45) is 0.0642. The van der Waals surface area contributed by atoms with Gasteiger partial charge in [-0.2, -0.15) is 0 Å². The Hall–Kier alpha value is -3.43. The van der Waals surface area contributed by atoms with Crippen LogP contribution in [0.1, 0.15) is 52.6 Å². The third-order valence-corrected chi connectivity index (χ3v) is 6.14. The fraction of sp³-hybridized carbons (Fsp3) is 0.387. The van der Waals surface area contributed by atoms with Gasteiger partial charge in [0, 0.05) is 24.2 Å². The Labute approximate surface area is 230 Å². The summed E-state index contributed by atoms with van der Waals surface area (Å²) in [6, 6.07) is 20.1. The molecule has 0 fully saturated rings. The molecule has 1 atom stereocenters. The Bertz CT molecular complexity index is 1170. The predicted octanol–water partition coefficient (Wildman–Crippen LogP) is 3.73. The standard InChI is InChI=1S/C31H40N2O6/c1-22(2)18-33-31(37)26-5-3-4-24(16-26)21-38-14-15-39-28-9-6-23(7-10-28)12-13-32-19-30(36)25-8-11-29(35)27(17-25)20-34/h3-11,16-17,22,30,32,34-36H,12-15,18-21H2,1-2H3,(H,33,37). The van der Waals surface area contributed by atoms with E-state index in [1.165, 1.54) is 6.07 Å². The topological polar surface area (TPSA) is 120 Å². The SMILES string of the molecule is CC(C)CNC(=O)c1cccc(COCCOc2ccc(CCNCC(O)c3ccc(O)c(CO)c3)cc2)c1. The molecule has 8 heteroatoms. The highest BCUT2D eigenvalue weighted by Gasteiger charge is 2.10. The van der Waals surface area contributed by atoms with Crippen LogP contribution in [-0.2, 0) is 24.4 Å². The minimum Gasteiger partial charge on any atom is -0.508 e. The Morgan fingerprint density at radius 2 is 1.74 bits per heavy atom. The van der Waals surface area contributed by atoms with Crippen molar-refractivity contribution in [2.45, 2.75) is 39.6 Å². The fourth-order valence-corrected chi connectivity index (χ4v) is 3.89. The monoisotopic (exact) mass is 536 g/mol.